The first kappa shape index (κ1) is 44.9. The summed E-state index contributed by atoms with van der Waals surface area (Å²) in [6, 6.07) is 1.34. The molecular weight excluding hydrogens is 642 g/mol. The van der Waals surface area contributed by atoms with Crippen molar-refractivity contribution in [2.45, 2.75) is 97.3 Å². The molecule has 0 saturated heterocycles. The largest absolute Gasteiger partial charge is 0.503 e. The normalized spacial score (nSPS) is 10.4. The molecule has 0 aliphatic heterocycles. The lowest BCUT2D eigenvalue weighted by atomic mass is 10.2. The van der Waals surface area contributed by atoms with Crippen molar-refractivity contribution in [3.63, 3.8) is 0 Å². The van der Waals surface area contributed by atoms with Crippen LogP contribution in [0.15, 0.2) is 17.1 Å². The van der Waals surface area contributed by atoms with Crippen LogP contribution in [0.5, 0.6) is 5.75 Å². The molecule has 280 valence electrons. The molecule has 49 heavy (non-hydrogen) atoms. The van der Waals surface area contributed by atoms with Crippen LogP contribution in [0.1, 0.15) is 96.1 Å². The third-order valence-electron chi connectivity index (χ3n) is 7.44. The van der Waals surface area contributed by atoms with E-state index in [1.54, 1.807) is 24.7 Å². The number of aromatic hydroxyl groups is 1. The zero-order valence-corrected chi connectivity index (χ0v) is 29.2. The van der Waals surface area contributed by atoms with E-state index in [1.165, 1.54) is 13.0 Å². The van der Waals surface area contributed by atoms with Gasteiger partial charge in [0.2, 0.25) is 35.0 Å². The van der Waals surface area contributed by atoms with Gasteiger partial charge in [0.1, 0.15) is 0 Å². The molecule has 0 aliphatic carbocycles. The van der Waals surface area contributed by atoms with Crippen LogP contribution >= 0.6 is 0 Å². The number of nitrogens with one attached hydrogen (secondary N) is 2. The summed E-state index contributed by atoms with van der Waals surface area (Å²) in [7, 11) is 1.77. The maximum atomic E-state index is 12.0. The molecule has 5 amide bonds. The molecule has 0 aliphatic rings. The summed E-state index contributed by atoms with van der Waals surface area (Å²) in [6.45, 7) is 4.91. The van der Waals surface area contributed by atoms with Crippen LogP contribution in [0.2, 0.25) is 0 Å². The zero-order valence-electron chi connectivity index (χ0n) is 29.2. The lowest BCUT2D eigenvalue weighted by Crippen LogP contribution is -2.31. The van der Waals surface area contributed by atoms with Crippen LogP contribution in [0.4, 0.5) is 0 Å². The van der Waals surface area contributed by atoms with E-state index in [2.05, 4.69) is 10.6 Å². The second-order valence-corrected chi connectivity index (χ2v) is 11.6. The highest BCUT2D eigenvalue weighted by Crippen LogP contribution is 2.06. The van der Waals surface area contributed by atoms with Gasteiger partial charge < -0.3 is 26.0 Å². The number of rotatable bonds is 23. The Morgan fingerprint density at radius 3 is 1.55 bits per heavy atom. The van der Waals surface area contributed by atoms with E-state index in [1.807, 2.05) is 0 Å². The Kier molecular flexibility index (Phi) is 24.6. The number of hydrogen-bond donors (Lipinski definition) is 7. The molecule has 0 unspecified atom stereocenters. The Morgan fingerprint density at radius 1 is 0.714 bits per heavy atom. The Labute approximate surface area is 287 Å². The number of carbonyl (C=O) groups excluding carboxylic acids is 5. The molecule has 1 rings (SSSR count). The maximum Gasteiger partial charge on any atom is 0.246 e. The summed E-state index contributed by atoms with van der Waals surface area (Å²) in [5, 5.41) is 45.1. The third kappa shape index (κ3) is 22.2. The van der Waals surface area contributed by atoms with Gasteiger partial charge in [-0.05, 0) is 64.8 Å². The molecule has 0 spiro atoms. The predicted octanol–water partition coefficient (Wildman–Crippen LogP) is 1.32. The molecule has 17 heteroatoms. The van der Waals surface area contributed by atoms with Crippen molar-refractivity contribution in [1.29, 1.82) is 0 Å². The Hall–Kier alpha value is -4.06. The molecule has 0 bridgehead atoms. The summed E-state index contributed by atoms with van der Waals surface area (Å²) >= 11 is 0. The van der Waals surface area contributed by atoms with Crippen LogP contribution in [-0.4, -0.2) is 109 Å². The number of hydrogen-bond acceptors (Lipinski definition) is 11. The molecule has 0 fully saturated rings. The Balaban J connectivity index is 0.00000195. The SMILES string of the molecule is CC(=O)N(O)CCCCCNC(=O)CCC(=O)N(O)CCCCCNC(=O)CCC(=O)N(O)CCCCCN.Cc1c(O)c(=O)ccn1C. The molecule has 1 heterocycles. The summed E-state index contributed by atoms with van der Waals surface area (Å²) in [6.07, 6.45) is 7.46. The van der Waals surface area contributed by atoms with Gasteiger partial charge in [0.25, 0.3) is 0 Å². The number of aromatic nitrogens is 1. The minimum atomic E-state index is -0.548. The first-order chi connectivity index (χ1) is 23.2. The molecule has 0 aromatic carbocycles. The monoisotopic (exact) mass is 699 g/mol. The Bertz CT molecular complexity index is 1210. The molecule has 1 aromatic rings. The first-order valence-corrected chi connectivity index (χ1v) is 16.7. The highest BCUT2D eigenvalue weighted by molar-refractivity contribution is 5.83. The van der Waals surface area contributed by atoms with Crippen molar-refractivity contribution in [3.05, 3.63) is 28.2 Å². The second kappa shape index (κ2) is 26.8. The third-order valence-corrected chi connectivity index (χ3v) is 7.44. The average Bonchev–Trinajstić information content (AvgIpc) is 3.08. The summed E-state index contributed by atoms with van der Waals surface area (Å²) in [4.78, 5) is 69.1. The molecule has 0 atom stereocenters. The topological polar surface area (TPSA) is 248 Å². The predicted molar refractivity (Wildman–Crippen MR) is 179 cm³/mol. The smallest absolute Gasteiger partial charge is 0.246 e. The number of unbranched alkanes of at least 4 members (excludes halogenated alkanes) is 6. The number of pyridine rings is 1. The number of amides is 5. The standard InChI is InChI=1S/C25H48N6O8.C7H9NO2/c1-21(32)29(37)18-9-3-6-16-27-22(33)12-14-25(36)31(39)20-10-4-7-17-28-23(34)11-13-24(35)30(38)19-8-2-5-15-26;1-5-7(10)6(9)3-4-8(5)2/h37-39H,2-20,26H2,1H3,(H,27,33)(H,28,34);3-4,10H,1-2H3. The first-order valence-electron chi connectivity index (χ1n) is 16.7. The number of nitrogens with zero attached hydrogens (tertiary/aromatic N) is 4. The molecular formula is C32H57N7O10. The van der Waals surface area contributed by atoms with Gasteiger partial charge in [-0.1, -0.05) is 6.42 Å². The minimum Gasteiger partial charge on any atom is -0.503 e. The molecule has 1 aromatic heterocycles. The van der Waals surface area contributed by atoms with Crippen molar-refractivity contribution in [2.75, 3.05) is 39.3 Å². The van der Waals surface area contributed by atoms with Crippen LogP contribution in [-0.2, 0) is 31.0 Å². The van der Waals surface area contributed by atoms with Gasteiger partial charge in [-0.25, -0.2) is 15.2 Å². The minimum absolute atomic E-state index is 0.0191. The van der Waals surface area contributed by atoms with E-state index in [-0.39, 0.29) is 68.3 Å². The highest BCUT2D eigenvalue weighted by Gasteiger charge is 2.14. The van der Waals surface area contributed by atoms with Crippen LogP contribution < -0.4 is 21.8 Å². The zero-order chi connectivity index (χ0) is 37.2. The van der Waals surface area contributed by atoms with E-state index in [0.29, 0.717) is 79.0 Å². The van der Waals surface area contributed by atoms with Gasteiger partial charge in [0.15, 0.2) is 5.75 Å². The van der Waals surface area contributed by atoms with Crippen molar-refractivity contribution in [2.24, 2.45) is 12.8 Å². The average molecular weight is 700 g/mol. The molecule has 8 N–H and O–H groups in total. The lowest BCUT2D eigenvalue weighted by Gasteiger charge is -2.15. The Morgan fingerprint density at radius 2 is 1.14 bits per heavy atom. The fraction of sp³-hybridized carbons (Fsp3) is 0.688. The van der Waals surface area contributed by atoms with Gasteiger partial charge in [-0.2, -0.15) is 0 Å². The molecule has 0 radical (unpaired) electrons. The molecule has 17 nitrogen and oxygen atoms in total. The fourth-order valence-corrected chi connectivity index (χ4v) is 4.16. The highest BCUT2D eigenvalue weighted by atomic mass is 16.5. The number of carbonyl (C=O) groups is 5. The summed E-state index contributed by atoms with van der Waals surface area (Å²) < 4.78 is 1.69. The van der Waals surface area contributed by atoms with Crippen LogP contribution in [0.3, 0.4) is 0 Å². The van der Waals surface area contributed by atoms with Crippen molar-refractivity contribution >= 4 is 29.5 Å². The van der Waals surface area contributed by atoms with Crippen molar-refractivity contribution in [3.8, 4) is 5.75 Å². The van der Waals surface area contributed by atoms with E-state index < -0.39 is 17.7 Å². The maximum absolute atomic E-state index is 12.0. The quantitative estimate of drug-likeness (QED) is 0.0488. The van der Waals surface area contributed by atoms with Gasteiger partial charge in [0, 0.05) is 84.6 Å². The summed E-state index contributed by atoms with van der Waals surface area (Å²) in [5.41, 5.74) is 5.66. The lowest BCUT2D eigenvalue weighted by molar-refractivity contribution is -0.166. The summed E-state index contributed by atoms with van der Waals surface area (Å²) in [5.74, 6) is -2.21. The van der Waals surface area contributed by atoms with Crippen LogP contribution in [0.25, 0.3) is 0 Å². The van der Waals surface area contributed by atoms with Gasteiger partial charge in [0.05, 0.1) is 5.69 Å². The van der Waals surface area contributed by atoms with E-state index in [0.717, 1.165) is 19.3 Å². The van der Waals surface area contributed by atoms with Crippen molar-refractivity contribution < 1.29 is 44.7 Å². The van der Waals surface area contributed by atoms with Crippen molar-refractivity contribution in [1.82, 2.24) is 30.4 Å². The van der Waals surface area contributed by atoms with Gasteiger partial charge in [-0.3, -0.25) is 44.4 Å². The van der Waals surface area contributed by atoms with Crippen LogP contribution in [0, 0.1) is 6.92 Å². The fourth-order valence-electron chi connectivity index (χ4n) is 4.16. The molecule has 0 saturated carbocycles. The van der Waals surface area contributed by atoms with Gasteiger partial charge in [-0.15, -0.1) is 0 Å². The second-order valence-electron chi connectivity index (χ2n) is 11.6. The van der Waals surface area contributed by atoms with E-state index >= 15 is 0 Å². The number of hydroxylamine groups is 6. The van der Waals surface area contributed by atoms with E-state index in [4.69, 9.17) is 10.8 Å². The van der Waals surface area contributed by atoms with Gasteiger partial charge >= 0.3 is 0 Å². The number of nitrogens with two attached hydrogens (primary N) is 1. The number of aryl methyl sites for hydroxylation is 1. The van der Waals surface area contributed by atoms with E-state index in [9.17, 15) is 44.4 Å².